The van der Waals surface area contributed by atoms with Crippen LogP contribution < -0.4 is 16.6 Å². The molecule has 0 aliphatic carbocycles. The lowest BCUT2D eigenvalue weighted by Crippen LogP contribution is -2.42. The zero-order chi connectivity index (χ0) is 14.2. The van der Waals surface area contributed by atoms with Crippen LogP contribution in [0.3, 0.4) is 0 Å². The summed E-state index contributed by atoms with van der Waals surface area (Å²) in [7, 11) is 3.35. The molecule has 0 atom stereocenters. The van der Waals surface area contributed by atoms with Crippen molar-refractivity contribution in [2.75, 3.05) is 53.7 Å². The van der Waals surface area contributed by atoms with Gasteiger partial charge in [-0.2, -0.15) is 0 Å². The van der Waals surface area contributed by atoms with Crippen molar-refractivity contribution in [1.29, 1.82) is 0 Å². The van der Waals surface area contributed by atoms with E-state index in [4.69, 9.17) is 20.1 Å². The van der Waals surface area contributed by atoms with E-state index in [0.29, 0.717) is 32.3 Å². The summed E-state index contributed by atoms with van der Waals surface area (Å²) in [6, 6.07) is 0. The molecule has 0 fully saturated rings. The molecule has 114 valence electrons. The summed E-state index contributed by atoms with van der Waals surface area (Å²) >= 11 is 0. The van der Waals surface area contributed by atoms with Crippen molar-refractivity contribution < 1.29 is 14.2 Å². The molecule has 0 aromatic carbocycles. The molecule has 0 bridgehead atoms. The zero-order valence-electron chi connectivity index (χ0n) is 12.1. The Bertz CT molecular complexity index is 215. The monoisotopic (exact) mass is 276 g/mol. The van der Waals surface area contributed by atoms with Crippen molar-refractivity contribution in [3.05, 3.63) is 0 Å². The molecule has 7 heteroatoms. The van der Waals surface area contributed by atoms with Crippen LogP contribution in [0, 0.1) is 0 Å². The Hall–Kier alpha value is -0.890. The summed E-state index contributed by atoms with van der Waals surface area (Å²) in [5.74, 6) is 5.99. The molecule has 0 aliphatic rings. The van der Waals surface area contributed by atoms with Gasteiger partial charge >= 0.3 is 0 Å². The number of rotatable bonds is 12. The SMILES string of the molecule is COCCCN=C(NN)NCCCCOCCOC. The van der Waals surface area contributed by atoms with E-state index < -0.39 is 0 Å². The fourth-order valence-electron chi connectivity index (χ4n) is 1.33. The van der Waals surface area contributed by atoms with Gasteiger partial charge in [0, 0.05) is 40.5 Å². The lowest BCUT2D eigenvalue weighted by molar-refractivity contribution is 0.0689. The summed E-state index contributed by atoms with van der Waals surface area (Å²) in [4.78, 5) is 4.28. The Labute approximate surface area is 115 Å². The van der Waals surface area contributed by atoms with E-state index in [1.54, 1.807) is 14.2 Å². The predicted molar refractivity (Wildman–Crippen MR) is 76.0 cm³/mol. The number of hydrogen-bond acceptors (Lipinski definition) is 5. The highest BCUT2D eigenvalue weighted by Crippen LogP contribution is 1.89. The maximum Gasteiger partial charge on any atom is 0.205 e. The summed E-state index contributed by atoms with van der Waals surface area (Å²) in [5, 5.41) is 3.14. The molecule has 0 aromatic heterocycles. The molecule has 0 saturated carbocycles. The minimum Gasteiger partial charge on any atom is -0.385 e. The van der Waals surface area contributed by atoms with Crippen molar-refractivity contribution in [1.82, 2.24) is 10.7 Å². The Kier molecular flexibility index (Phi) is 14.5. The quantitative estimate of drug-likeness (QED) is 0.151. The molecular formula is C12H28N4O3. The fourth-order valence-corrected chi connectivity index (χ4v) is 1.33. The number of hydrogen-bond donors (Lipinski definition) is 3. The smallest absolute Gasteiger partial charge is 0.205 e. The molecule has 0 spiro atoms. The molecule has 0 heterocycles. The number of nitrogens with two attached hydrogens (primary N) is 1. The van der Waals surface area contributed by atoms with Crippen molar-refractivity contribution >= 4 is 5.96 Å². The van der Waals surface area contributed by atoms with E-state index in [1.807, 2.05) is 0 Å². The van der Waals surface area contributed by atoms with Gasteiger partial charge in [0.05, 0.1) is 13.2 Å². The molecule has 0 saturated heterocycles. The predicted octanol–water partition coefficient (Wildman–Crippen LogP) is -0.125. The second kappa shape index (κ2) is 15.2. The molecule has 4 N–H and O–H groups in total. The molecule has 0 aliphatic heterocycles. The maximum absolute atomic E-state index is 5.37. The molecule has 0 radical (unpaired) electrons. The first-order chi connectivity index (χ1) is 9.35. The van der Waals surface area contributed by atoms with Gasteiger partial charge in [-0.3, -0.25) is 10.4 Å². The third kappa shape index (κ3) is 13.3. The summed E-state index contributed by atoms with van der Waals surface area (Å²) < 4.78 is 15.2. The van der Waals surface area contributed by atoms with Crippen molar-refractivity contribution in [2.24, 2.45) is 10.8 Å². The average Bonchev–Trinajstić information content (AvgIpc) is 2.44. The number of nitrogens with one attached hydrogen (secondary N) is 2. The Balaban J connectivity index is 3.40. The number of aliphatic imine (C=N–C) groups is 1. The van der Waals surface area contributed by atoms with Gasteiger partial charge in [0.1, 0.15) is 0 Å². The van der Waals surface area contributed by atoms with E-state index in [2.05, 4.69) is 15.7 Å². The summed E-state index contributed by atoms with van der Waals surface area (Å²) in [6.45, 7) is 4.27. The van der Waals surface area contributed by atoms with E-state index in [1.165, 1.54) is 0 Å². The van der Waals surface area contributed by atoms with Gasteiger partial charge in [0.25, 0.3) is 0 Å². The van der Waals surface area contributed by atoms with Gasteiger partial charge in [-0.1, -0.05) is 0 Å². The first kappa shape index (κ1) is 18.1. The van der Waals surface area contributed by atoms with E-state index >= 15 is 0 Å². The van der Waals surface area contributed by atoms with E-state index in [9.17, 15) is 0 Å². The highest BCUT2D eigenvalue weighted by Gasteiger charge is 1.95. The minimum absolute atomic E-state index is 0.622. The van der Waals surface area contributed by atoms with Crippen LogP contribution in [-0.4, -0.2) is 59.7 Å². The number of methoxy groups -OCH3 is 2. The Morgan fingerprint density at radius 2 is 1.79 bits per heavy atom. The van der Waals surface area contributed by atoms with Crippen LogP contribution in [0.25, 0.3) is 0 Å². The number of ether oxygens (including phenoxy) is 3. The van der Waals surface area contributed by atoms with Crippen molar-refractivity contribution in [3.8, 4) is 0 Å². The van der Waals surface area contributed by atoms with E-state index in [-0.39, 0.29) is 0 Å². The Morgan fingerprint density at radius 3 is 2.47 bits per heavy atom. The normalized spacial score (nSPS) is 11.6. The largest absolute Gasteiger partial charge is 0.385 e. The van der Waals surface area contributed by atoms with Gasteiger partial charge < -0.3 is 19.5 Å². The van der Waals surface area contributed by atoms with Gasteiger partial charge in [-0.25, -0.2) is 5.84 Å². The fraction of sp³-hybridized carbons (Fsp3) is 0.917. The van der Waals surface area contributed by atoms with Crippen LogP contribution in [0.5, 0.6) is 0 Å². The molecule has 7 nitrogen and oxygen atoms in total. The van der Waals surface area contributed by atoms with Crippen molar-refractivity contribution in [3.63, 3.8) is 0 Å². The summed E-state index contributed by atoms with van der Waals surface area (Å²) in [6.07, 6.45) is 2.89. The van der Waals surface area contributed by atoms with Crippen LogP contribution in [0.4, 0.5) is 0 Å². The maximum atomic E-state index is 5.37. The van der Waals surface area contributed by atoms with Crippen molar-refractivity contribution in [2.45, 2.75) is 19.3 Å². The third-order valence-electron chi connectivity index (χ3n) is 2.35. The van der Waals surface area contributed by atoms with Crippen LogP contribution >= 0.6 is 0 Å². The molecule has 0 aromatic rings. The standard InChI is InChI=1S/C12H28N4O3/c1-17-8-5-7-15-12(16-13)14-6-3-4-9-19-11-10-18-2/h3-11,13H2,1-2H3,(H2,14,15,16). The van der Waals surface area contributed by atoms with Crippen LogP contribution in [0.15, 0.2) is 4.99 Å². The number of nitrogens with zero attached hydrogens (tertiary/aromatic N) is 1. The lowest BCUT2D eigenvalue weighted by Gasteiger charge is -2.09. The van der Waals surface area contributed by atoms with E-state index in [0.717, 1.165) is 32.4 Å². The minimum atomic E-state index is 0.622. The average molecular weight is 276 g/mol. The molecule has 0 unspecified atom stereocenters. The highest BCUT2D eigenvalue weighted by molar-refractivity contribution is 5.79. The second-order valence-corrected chi connectivity index (χ2v) is 3.96. The molecular weight excluding hydrogens is 248 g/mol. The van der Waals surface area contributed by atoms with Gasteiger partial charge in [0.2, 0.25) is 5.96 Å². The number of hydrazine groups is 1. The topological polar surface area (TPSA) is 90.1 Å². The van der Waals surface area contributed by atoms with Gasteiger partial charge in [-0.15, -0.1) is 0 Å². The second-order valence-electron chi connectivity index (χ2n) is 3.96. The Morgan fingerprint density at radius 1 is 1.00 bits per heavy atom. The molecule has 19 heavy (non-hydrogen) atoms. The van der Waals surface area contributed by atoms with Crippen LogP contribution in [0.1, 0.15) is 19.3 Å². The first-order valence-electron chi connectivity index (χ1n) is 6.65. The third-order valence-corrected chi connectivity index (χ3v) is 2.35. The number of guanidine groups is 1. The molecule has 0 rings (SSSR count). The zero-order valence-corrected chi connectivity index (χ0v) is 12.1. The lowest BCUT2D eigenvalue weighted by atomic mass is 10.3. The number of unbranched alkanes of at least 4 members (excludes halogenated alkanes) is 1. The molecule has 0 amide bonds. The highest BCUT2D eigenvalue weighted by atomic mass is 16.5. The van der Waals surface area contributed by atoms with Gasteiger partial charge in [-0.05, 0) is 19.3 Å². The van der Waals surface area contributed by atoms with Gasteiger partial charge in [0.15, 0.2) is 0 Å². The van der Waals surface area contributed by atoms with Crippen LogP contribution in [0.2, 0.25) is 0 Å². The first-order valence-corrected chi connectivity index (χ1v) is 6.65. The van der Waals surface area contributed by atoms with Crippen LogP contribution in [-0.2, 0) is 14.2 Å². The summed E-state index contributed by atoms with van der Waals surface area (Å²) in [5.41, 5.74) is 2.55.